The fourth-order valence-electron chi connectivity index (χ4n) is 3.38. The Morgan fingerprint density at radius 1 is 1.28 bits per heavy atom. The molecule has 0 bridgehead atoms. The quantitative estimate of drug-likeness (QED) is 0.357. The third kappa shape index (κ3) is 4.19. The SMILES string of the molecule is CCOC(=O)[C@@]1([C@H](O)c2cc(OC)c(OC)cc2[N+](=O)[O-])CC(c2ccc(Cl)cc2)=NO1. The molecule has 0 radical (unpaired) electrons. The van der Waals surface area contributed by atoms with Crippen LogP contribution in [0.1, 0.15) is 30.6 Å². The van der Waals surface area contributed by atoms with Gasteiger partial charge in [0.2, 0.25) is 0 Å². The number of carbonyl (C=O) groups excluding carboxylic acids is 1. The minimum atomic E-state index is -2.05. The summed E-state index contributed by atoms with van der Waals surface area (Å²) in [5, 5.41) is 27.5. The molecule has 0 fully saturated rings. The molecule has 11 heteroatoms. The van der Waals surface area contributed by atoms with Crippen molar-refractivity contribution < 1.29 is 33.9 Å². The summed E-state index contributed by atoms with van der Waals surface area (Å²) >= 11 is 5.93. The van der Waals surface area contributed by atoms with Crippen molar-refractivity contribution in [1.29, 1.82) is 0 Å². The second kappa shape index (κ2) is 9.41. The monoisotopic (exact) mass is 464 g/mol. The van der Waals surface area contributed by atoms with Crippen molar-refractivity contribution in [2.75, 3.05) is 20.8 Å². The Kier molecular flexibility index (Phi) is 6.85. The Morgan fingerprint density at radius 2 is 1.91 bits per heavy atom. The molecule has 10 nitrogen and oxygen atoms in total. The standard InChI is InChI=1S/C21H21ClN2O8/c1-4-31-20(26)21(11-15(23-32-21)12-5-7-13(22)8-6-12)19(25)14-9-17(29-2)18(30-3)10-16(14)24(27)28/h5-10,19,25H,4,11H2,1-3H3/t19-,21+/m1/s1. The lowest BCUT2D eigenvalue weighted by atomic mass is 9.84. The Bertz CT molecular complexity index is 1060. The van der Waals surface area contributed by atoms with Crippen LogP contribution >= 0.6 is 11.6 Å². The van der Waals surface area contributed by atoms with Crippen LogP contribution in [0.4, 0.5) is 5.69 Å². The molecule has 0 unspecified atom stereocenters. The van der Waals surface area contributed by atoms with Crippen LogP contribution in [0.3, 0.4) is 0 Å². The van der Waals surface area contributed by atoms with Crippen LogP contribution in [0.2, 0.25) is 5.02 Å². The van der Waals surface area contributed by atoms with Crippen LogP contribution < -0.4 is 9.47 Å². The van der Waals surface area contributed by atoms with Crippen molar-refractivity contribution in [3.63, 3.8) is 0 Å². The number of esters is 1. The molecule has 170 valence electrons. The Hall–Kier alpha value is -3.37. The van der Waals surface area contributed by atoms with Gasteiger partial charge in [-0.15, -0.1) is 0 Å². The third-order valence-electron chi connectivity index (χ3n) is 5.01. The molecule has 0 aliphatic carbocycles. The Labute approximate surface area is 188 Å². The van der Waals surface area contributed by atoms with Gasteiger partial charge in [0.25, 0.3) is 11.3 Å². The molecular formula is C21H21ClN2O8. The normalized spacial score (nSPS) is 18.3. The summed E-state index contributed by atoms with van der Waals surface area (Å²) < 4.78 is 15.5. The topological polar surface area (TPSA) is 130 Å². The van der Waals surface area contributed by atoms with Gasteiger partial charge in [0, 0.05) is 5.02 Å². The Morgan fingerprint density at radius 3 is 2.47 bits per heavy atom. The first-order valence-electron chi connectivity index (χ1n) is 9.54. The number of aliphatic hydroxyl groups is 1. The molecule has 1 heterocycles. The fourth-order valence-corrected chi connectivity index (χ4v) is 3.51. The van der Waals surface area contributed by atoms with Crippen LogP contribution in [0.25, 0.3) is 0 Å². The number of nitrogens with zero attached hydrogens (tertiary/aromatic N) is 2. The molecule has 2 atom stereocenters. The van der Waals surface area contributed by atoms with Gasteiger partial charge in [-0.2, -0.15) is 0 Å². The number of methoxy groups -OCH3 is 2. The van der Waals surface area contributed by atoms with Gasteiger partial charge in [0.1, 0.15) is 6.10 Å². The lowest BCUT2D eigenvalue weighted by molar-refractivity contribution is -0.386. The second-order valence-electron chi connectivity index (χ2n) is 6.85. The molecule has 1 aliphatic rings. The maximum absolute atomic E-state index is 12.9. The second-order valence-corrected chi connectivity index (χ2v) is 7.28. The molecular weight excluding hydrogens is 444 g/mol. The van der Waals surface area contributed by atoms with Gasteiger partial charge in [-0.3, -0.25) is 10.1 Å². The van der Waals surface area contributed by atoms with E-state index in [1.807, 2.05) is 0 Å². The molecule has 0 saturated heterocycles. The van der Waals surface area contributed by atoms with E-state index >= 15 is 0 Å². The van der Waals surface area contributed by atoms with E-state index in [-0.39, 0.29) is 30.1 Å². The zero-order valence-electron chi connectivity index (χ0n) is 17.5. The number of ether oxygens (including phenoxy) is 3. The molecule has 0 aromatic heterocycles. The summed E-state index contributed by atoms with van der Waals surface area (Å²) in [6.07, 6.45) is -2.00. The summed E-state index contributed by atoms with van der Waals surface area (Å²) in [6.45, 7) is 1.59. The third-order valence-corrected chi connectivity index (χ3v) is 5.27. The van der Waals surface area contributed by atoms with Crippen molar-refractivity contribution in [3.05, 3.63) is 62.7 Å². The minimum Gasteiger partial charge on any atom is -0.493 e. The van der Waals surface area contributed by atoms with Gasteiger partial charge in [-0.25, -0.2) is 4.79 Å². The molecule has 0 saturated carbocycles. The fraction of sp³-hybridized carbons (Fsp3) is 0.333. The van der Waals surface area contributed by atoms with Gasteiger partial charge < -0.3 is 24.2 Å². The van der Waals surface area contributed by atoms with Crippen molar-refractivity contribution in [2.45, 2.75) is 25.0 Å². The van der Waals surface area contributed by atoms with E-state index in [1.165, 1.54) is 20.3 Å². The number of aliphatic hydroxyl groups excluding tert-OH is 1. The van der Waals surface area contributed by atoms with E-state index in [9.17, 15) is 20.0 Å². The number of oxime groups is 1. The number of halogens is 1. The number of nitro benzene ring substituents is 1. The van der Waals surface area contributed by atoms with E-state index in [0.29, 0.717) is 16.3 Å². The molecule has 0 spiro atoms. The first kappa shape index (κ1) is 23.3. The number of benzene rings is 2. The van der Waals surface area contributed by atoms with E-state index in [1.54, 1.807) is 31.2 Å². The largest absolute Gasteiger partial charge is 0.493 e. The van der Waals surface area contributed by atoms with E-state index in [0.717, 1.165) is 6.07 Å². The average molecular weight is 465 g/mol. The van der Waals surface area contributed by atoms with E-state index < -0.39 is 28.3 Å². The highest BCUT2D eigenvalue weighted by Gasteiger charge is 2.56. The highest BCUT2D eigenvalue weighted by atomic mass is 35.5. The average Bonchev–Trinajstić information content (AvgIpc) is 3.25. The number of nitro groups is 1. The first-order valence-corrected chi connectivity index (χ1v) is 9.91. The van der Waals surface area contributed by atoms with Crippen molar-refractivity contribution in [2.24, 2.45) is 5.16 Å². The lowest BCUT2D eigenvalue weighted by Gasteiger charge is -2.29. The summed E-state index contributed by atoms with van der Waals surface area (Å²) in [4.78, 5) is 29.4. The smallest absolute Gasteiger partial charge is 0.356 e. The number of carbonyl (C=O) groups is 1. The van der Waals surface area contributed by atoms with Crippen molar-refractivity contribution in [3.8, 4) is 11.5 Å². The summed E-state index contributed by atoms with van der Waals surface area (Å²) in [6, 6.07) is 8.96. The van der Waals surface area contributed by atoms with Gasteiger partial charge in [-0.05, 0) is 30.7 Å². The van der Waals surface area contributed by atoms with Gasteiger partial charge in [0.05, 0.1) is 49.5 Å². The maximum atomic E-state index is 12.9. The minimum absolute atomic E-state index is 0.000961. The summed E-state index contributed by atoms with van der Waals surface area (Å²) in [7, 11) is 2.67. The predicted octanol–water partition coefficient (Wildman–Crippen LogP) is 3.43. The zero-order valence-corrected chi connectivity index (χ0v) is 18.3. The number of rotatable bonds is 8. The van der Waals surface area contributed by atoms with Crippen LogP contribution in [-0.4, -0.2) is 48.1 Å². The van der Waals surface area contributed by atoms with Crippen LogP contribution in [0, 0.1) is 10.1 Å². The molecule has 1 N–H and O–H groups in total. The number of hydrogen-bond donors (Lipinski definition) is 1. The van der Waals surface area contributed by atoms with Crippen LogP contribution in [0.15, 0.2) is 41.6 Å². The molecule has 2 aromatic rings. The van der Waals surface area contributed by atoms with Gasteiger partial charge in [0.15, 0.2) is 11.5 Å². The molecule has 2 aromatic carbocycles. The van der Waals surface area contributed by atoms with Crippen LogP contribution in [0.5, 0.6) is 11.5 Å². The van der Waals surface area contributed by atoms with Crippen molar-refractivity contribution in [1.82, 2.24) is 0 Å². The number of hydrogen-bond acceptors (Lipinski definition) is 9. The molecule has 1 aliphatic heterocycles. The first-order chi connectivity index (χ1) is 15.3. The molecule has 3 rings (SSSR count). The lowest BCUT2D eigenvalue weighted by Crippen LogP contribution is -2.46. The van der Waals surface area contributed by atoms with Gasteiger partial charge in [-0.1, -0.05) is 28.9 Å². The maximum Gasteiger partial charge on any atom is 0.356 e. The predicted molar refractivity (Wildman–Crippen MR) is 114 cm³/mol. The Balaban J connectivity index is 2.09. The summed E-state index contributed by atoms with van der Waals surface area (Å²) in [5.41, 5.74) is -1.79. The van der Waals surface area contributed by atoms with Crippen molar-refractivity contribution >= 4 is 29.0 Å². The van der Waals surface area contributed by atoms with E-state index in [2.05, 4.69) is 5.16 Å². The summed E-state index contributed by atoms with van der Waals surface area (Å²) in [5.74, 6) is -0.696. The van der Waals surface area contributed by atoms with E-state index in [4.69, 9.17) is 30.6 Å². The zero-order chi connectivity index (χ0) is 23.5. The molecule has 32 heavy (non-hydrogen) atoms. The van der Waals surface area contributed by atoms with Crippen LogP contribution in [-0.2, 0) is 14.4 Å². The van der Waals surface area contributed by atoms with Gasteiger partial charge >= 0.3 is 5.97 Å². The highest BCUT2D eigenvalue weighted by Crippen LogP contribution is 2.45. The highest BCUT2D eigenvalue weighted by molar-refractivity contribution is 6.30. The molecule has 0 amide bonds.